The van der Waals surface area contributed by atoms with E-state index in [0.717, 1.165) is 40.9 Å². The average Bonchev–Trinajstić information content (AvgIpc) is 3.72. The molecular weight excluding hydrogens is 611 g/mol. The number of benzene rings is 6. The SMILES string of the molecule is C1=Cc2c(c3c(ccc4c5ccccc5n(-c5ccc(-c6ccccc6)cc5)c43)n2-c2nc(-c3ccccc3)nc(-c3ccccc3)n2)CC1. The zero-order valence-electron chi connectivity index (χ0n) is 27.2. The summed E-state index contributed by atoms with van der Waals surface area (Å²) in [6, 6.07) is 53.2. The molecule has 0 unspecified atom stereocenters. The summed E-state index contributed by atoms with van der Waals surface area (Å²) in [5.41, 5.74) is 11.4. The van der Waals surface area contributed by atoms with Crippen molar-refractivity contribution in [2.24, 2.45) is 0 Å². The Morgan fingerprint density at radius 1 is 0.460 bits per heavy atom. The van der Waals surface area contributed by atoms with Gasteiger partial charge in [-0.05, 0) is 59.9 Å². The van der Waals surface area contributed by atoms with Crippen LogP contribution in [0.3, 0.4) is 0 Å². The summed E-state index contributed by atoms with van der Waals surface area (Å²) in [6.45, 7) is 0. The Morgan fingerprint density at radius 3 is 1.74 bits per heavy atom. The molecule has 9 aromatic rings. The lowest BCUT2D eigenvalue weighted by atomic mass is 9.99. The van der Waals surface area contributed by atoms with Gasteiger partial charge in [-0.2, -0.15) is 9.97 Å². The molecule has 5 nitrogen and oxygen atoms in total. The molecule has 0 saturated carbocycles. The molecule has 3 heterocycles. The molecule has 0 spiro atoms. The smallest absolute Gasteiger partial charge is 0.238 e. The molecule has 1 aliphatic rings. The van der Waals surface area contributed by atoms with E-state index in [2.05, 4.69) is 137 Å². The van der Waals surface area contributed by atoms with Gasteiger partial charge in [0, 0.05) is 33.0 Å². The summed E-state index contributed by atoms with van der Waals surface area (Å²) < 4.78 is 4.70. The van der Waals surface area contributed by atoms with Gasteiger partial charge >= 0.3 is 0 Å². The van der Waals surface area contributed by atoms with Crippen molar-refractivity contribution in [3.05, 3.63) is 169 Å². The van der Waals surface area contributed by atoms with E-state index in [1.165, 1.54) is 43.9 Å². The number of para-hydroxylation sites is 1. The molecule has 0 saturated heterocycles. The Bertz CT molecular complexity index is 2660. The van der Waals surface area contributed by atoms with Crippen molar-refractivity contribution in [3.63, 3.8) is 0 Å². The third-order valence-electron chi connectivity index (χ3n) is 9.86. The summed E-state index contributed by atoms with van der Waals surface area (Å²) in [6.07, 6.45) is 6.44. The van der Waals surface area contributed by atoms with Crippen LogP contribution in [0.1, 0.15) is 17.7 Å². The summed E-state index contributed by atoms with van der Waals surface area (Å²) in [5, 5.41) is 3.72. The highest BCUT2D eigenvalue weighted by atomic mass is 15.2. The van der Waals surface area contributed by atoms with E-state index < -0.39 is 0 Å². The minimum absolute atomic E-state index is 0.615. The van der Waals surface area contributed by atoms with Gasteiger partial charge in [0.05, 0.1) is 22.2 Å². The third-order valence-corrected chi connectivity index (χ3v) is 9.86. The first-order valence-corrected chi connectivity index (χ1v) is 17.1. The van der Waals surface area contributed by atoms with Crippen molar-refractivity contribution in [1.82, 2.24) is 24.1 Å². The fourth-order valence-corrected chi connectivity index (χ4v) is 7.59. The van der Waals surface area contributed by atoms with Crippen LogP contribution in [0.4, 0.5) is 0 Å². The number of hydrogen-bond acceptors (Lipinski definition) is 3. The van der Waals surface area contributed by atoms with Gasteiger partial charge in [-0.15, -0.1) is 0 Å². The molecule has 5 heteroatoms. The van der Waals surface area contributed by atoms with E-state index in [4.69, 9.17) is 15.0 Å². The van der Waals surface area contributed by atoms with Crippen LogP contribution in [0, 0.1) is 0 Å². The topological polar surface area (TPSA) is 48.5 Å². The Kier molecular flexibility index (Phi) is 6.56. The van der Waals surface area contributed by atoms with Gasteiger partial charge in [-0.1, -0.05) is 133 Å². The van der Waals surface area contributed by atoms with Crippen molar-refractivity contribution < 1.29 is 0 Å². The largest absolute Gasteiger partial charge is 0.309 e. The van der Waals surface area contributed by atoms with Gasteiger partial charge in [0.2, 0.25) is 5.95 Å². The maximum atomic E-state index is 5.17. The molecule has 0 radical (unpaired) electrons. The minimum Gasteiger partial charge on any atom is -0.309 e. The standard InChI is InChI=1S/C45H31N5/c1-4-14-30(15-5-1)31-24-26-34(27-25-31)49-38-22-12-10-20-35(38)36-28-29-40-41(42(36)49)37-21-11-13-23-39(37)50(40)45-47-43(32-16-6-2-7-17-32)46-44(48-45)33-18-8-3-9-19-33/h1-10,12-20,22-29H,11,21H2. The second kappa shape index (κ2) is 11.5. The maximum absolute atomic E-state index is 5.17. The monoisotopic (exact) mass is 641 g/mol. The number of nitrogens with zero attached hydrogens (tertiary/aromatic N) is 5. The van der Waals surface area contributed by atoms with Crippen LogP contribution in [0.2, 0.25) is 0 Å². The summed E-state index contributed by atoms with van der Waals surface area (Å²) in [7, 11) is 0. The molecule has 1 aliphatic carbocycles. The van der Waals surface area contributed by atoms with Crippen LogP contribution in [0.15, 0.2) is 158 Å². The lowest BCUT2D eigenvalue weighted by Crippen LogP contribution is -2.08. The minimum atomic E-state index is 0.615. The van der Waals surface area contributed by atoms with Gasteiger partial charge in [-0.25, -0.2) is 4.98 Å². The van der Waals surface area contributed by atoms with Crippen molar-refractivity contribution >= 4 is 38.8 Å². The van der Waals surface area contributed by atoms with Crippen LogP contribution in [0.5, 0.6) is 0 Å². The Hall–Kier alpha value is -6.59. The third kappa shape index (κ3) is 4.51. The van der Waals surface area contributed by atoms with E-state index in [1.807, 2.05) is 36.4 Å². The second-order valence-electron chi connectivity index (χ2n) is 12.8. The molecule has 6 aromatic carbocycles. The number of allylic oxidation sites excluding steroid dienone is 1. The van der Waals surface area contributed by atoms with Crippen molar-refractivity contribution in [1.29, 1.82) is 0 Å². The van der Waals surface area contributed by atoms with E-state index in [-0.39, 0.29) is 0 Å². The van der Waals surface area contributed by atoms with Gasteiger partial charge in [0.25, 0.3) is 0 Å². The molecular formula is C45H31N5. The molecule has 0 atom stereocenters. The Morgan fingerprint density at radius 2 is 1.06 bits per heavy atom. The Balaban J connectivity index is 1.27. The molecule has 10 rings (SSSR count). The highest BCUT2D eigenvalue weighted by Crippen LogP contribution is 2.42. The second-order valence-corrected chi connectivity index (χ2v) is 12.8. The number of hydrogen-bond donors (Lipinski definition) is 0. The van der Waals surface area contributed by atoms with Crippen LogP contribution in [-0.4, -0.2) is 24.1 Å². The normalized spacial score (nSPS) is 12.6. The van der Waals surface area contributed by atoms with E-state index >= 15 is 0 Å². The van der Waals surface area contributed by atoms with Gasteiger partial charge in [0.1, 0.15) is 0 Å². The zero-order valence-corrected chi connectivity index (χ0v) is 27.2. The summed E-state index contributed by atoms with van der Waals surface area (Å²) in [5.74, 6) is 1.92. The molecule has 0 N–H and O–H groups in total. The highest BCUT2D eigenvalue weighted by molar-refractivity contribution is 6.20. The van der Waals surface area contributed by atoms with Crippen molar-refractivity contribution in [3.8, 4) is 45.5 Å². The number of rotatable bonds is 5. The number of aromatic nitrogens is 5. The average molecular weight is 642 g/mol. The van der Waals surface area contributed by atoms with Crippen LogP contribution in [-0.2, 0) is 6.42 Å². The maximum Gasteiger partial charge on any atom is 0.238 e. The quantitative estimate of drug-likeness (QED) is 0.188. The van der Waals surface area contributed by atoms with Gasteiger partial charge < -0.3 is 4.57 Å². The highest BCUT2D eigenvalue weighted by Gasteiger charge is 2.26. The zero-order chi connectivity index (χ0) is 33.0. The Labute approximate surface area is 289 Å². The van der Waals surface area contributed by atoms with Crippen molar-refractivity contribution in [2.45, 2.75) is 12.8 Å². The predicted octanol–water partition coefficient (Wildman–Crippen LogP) is 10.9. The van der Waals surface area contributed by atoms with Gasteiger partial charge in [0.15, 0.2) is 11.6 Å². The van der Waals surface area contributed by atoms with Gasteiger partial charge in [-0.3, -0.25) is 4.57 Å². The molecule has 3 aromatic heterocycles. The predicted molar refractivity (Wildman–Crippen MR) is 205 cm³/mol. The fraction of sp³-hybridized carbons (Fsp3) is 0.0444. The van der Waals surface area contributed by atoms with Crippen LogP contribution in [0.25, 0.3) is 84.3 Å². The molecule has 0 aliphatic heterocycles. The molecule has 0 bridgehead atoms. The lowest BCUT2D eigenvalue weighted by molar-refractivity contribution is 0.902. The first-order valence-electron chi connectivity index (χ1n) is 17.1. The first-order chi connectivity index (χ1) is 24.8. The summed E-state index contributed by atoms with van der Waals surface area (Å²) >= 11 is 0. The molecule has 0 fully saturated rings. The van der Waals surface area contributed by atoms with Crippen LogP contribution >= 0.6 is 0 Å². The van der Waals surface area contributed by atoms with E-state index in [1.54, 1.807) is 0 Å². The molecule has 50 heavy (non-hydrogen) atoms. The fourth-order valence-electron chi connectivity index (χ4n) is 7.59. The van der Waals surface area contributed by atoms with Crippen molar-refractivity contribution in [2.75, 3.05) is 0 Å². The number of fused-ring (bicyclic) bond motifs is 7. The molecule has 0 amide bonds. The van der Waals surface area contributed by atoms with E-state index in [9.17, 15) is 0 Å². The first kappa shape index (κ1) is 28.4. The van der Waals surface area contributed by atoms with E-state index in [0.29, 0.717) is 17.6 Å². The number of aryl methyl sites for hydroxylation is 1. The molecule has 236 valence electrons. The summed E-state index contributed by atoms with van der Waals surface area (Å²) in [4.78, 5) is 15.3. The lowest BCUT2D eigenvalue weighted by Gasteiger charge is -2.13. The van der Waals surface area contributed by atoms with Crippen LogP contribution < -0.4 is 0 Å².